The molecule has 5 nitrogen and oxygen atoms in total. The molecule has 1 heterocycles. The molecule has 0 radical (unpaired) electrons. The van der Waals surface area contributed by atoms with Gasteiger partial charge in [0.2, 0.25) is 0 Å². The highest BCUT2D eigenvalue weighted by molar-refractivity contribution is 5.92. The van der Waals surface area contributed by atoms with Crippen LogP contribution in [0.5, 0.6) is 0 Å². The van der Waals surface area contributed by atoms with Crippen LogP contribution in [0.3, 0.4) is 0 Å². The van der Waals surface area contributed by atoms with Crippen molar-refractivity contribution in [3.63, 3.8) is 0 Å². The predicted octanol–water partition coefficient (Wildman–Crippen LogP) is 4.26. The number of likely N-dealkylation sites (tertiary alicyclic amines) is 1. The molecule has 1 aromatic carbocycles. The fourth-order valence-corrected chi connectivity index (χ4v) is 3.24. The topological polar surface area (TPSA) is 69.6 Å². The Morgan fingerprint density at radius 2 is 1.75 bits per heavy atom. The Bertz CT molecular complexity index is 584. The van der Waals surface area contributed by atoms with Gasteiger partial charge in [-0.3, -0.25) is 4.79 Å². The van der Waals surface area contributed by atoms with E-state index >= 15 is 0 Å². The van der Waals surface area contributed by atoms with Crippen molar-refractivity contribution in [2.24, 2.45) is 5.92 Å². The van der Waals surface area contributed by atoms with Gasteiger partial charge >= 0.3 is 12.0 Å². The van der Waals surface area contributed by atoms with E-state index in [4.69, 9.17) is 0 Å². The fourth-order valence-electron chi connectivity index (χ4n) is 3.24. The third-order valence-electron chi connectivity index (χ3n) is 4.66. The normalized spacial score (nSPS) is 18.1. The van der Waals surface area contributed by atoms with E-state index < -0.39 is 11.9 Å². The molecule has 0 saturated carbocycles. The van der Waals surface area contributed by atoms with E-state index in [1.165, 1.54) is 0 Å². The summed E-state index contributed by atoms with van der Waals surface area (Å²) in [5.74, 6) is -0.688. The number of para-hydroxylation sites is 1. The van der Waals surface area contributed by atoms with Crippen molar-refractivity contribution < 1.29 is 14.7 Å². The van der Waals surface area contributed by atoms with Gasteiger partial charge in [-0.15, -0.1) is 0 Å². The minimum absolute atomic E-state index is 0.198. The monoisotopic (exact) mass is 332 g/mol. The van der Waals surface area contributed by atoms with Gasteiger partial charge in [0.15, 0.2) is 0 Å². The first-order valence-corrected chi connectivity index (χ1v) is 8.72. The van der Waals surface area contributed by atoms with Gasteiger partial charge in [0.25, 0.3) is 0 Å². The summed E-state index contributed by atoms with van der Waals surface area (Å²) in [5.41, 5.74) is 3.10. The van der Waals surface area contributed by atoms with E-state index in [0.717, 1.165) is 23.2 Å². The number of carboxylic acids is 1. The third-order valence-corrected chi connectivity index (χ3v) is 4.66. The van der Waals surface area contributed by atoms with E-state index in [2.05, 4.69) is 33.0 Å². The number of hydrogen-bond donors (Lipinski definition) is 2. The standard InChI is InChI=1S/C19H28N2O3/c1-12(2)15-8-5-9-16(13(3)4)17(15)20-19(24)21-10-6-7-14(11-21)18(22)23/h5,8-9,12-14H,6-7,10-11H2,1-4H3,(H,20,24)(H,22,23). The molecule has 0 bridgehead atoms. The van der Waals surface area contributed by atoms with Crippen LogP contribution in [-0.4, -0.2) is 35.1 Å². The highest BCUT2D eigenvalue weighted by Crippen LogP contribution is 2.32. The van der Waals surface area contributed by atoms with Crippen molar-refractivity contribution in [2.75, 3.05) is 18.4 Å². The average molecular weight is 332 g/mol. The van der Waals surface area contributed by atoms with Crippen LogP contribution in [-0.2, 0) is 4.79 Å². The SMILES string of the molecule is CC(C)c1cccc(C(C)C)c1NC(=O)N1CCCC(C(=O)O)C1. The maximum Gasteiger partial charge on any atom is 0.321 e. The number of nitrogens with one attached hydrogen (secondary N) is 1. The number of carbonyl (C=O) groups is 2. The summed E-state index contributed by atoms with van der Waals surface area (Å²) in [6.45, 7) is 9.32. The van der Waals surface area contributed by atoms with Crippen LogP contribution in [0.1, 0.15) is 63.5 Å². The molecule has 2 amide bonds. The zero-order chi connectivity index (χ0) is 17.9. The van der Waals surface area contributed by atoms with Crippen LogP contribution in [0, 0.1) is 5.92 Å². The summed E-state index contributed by atoms with van der Waals surface area (Å²) in [4.78, 5) is 25.5. The van der Waals surface area contributed by atoms with Gasteiger partial charge in [-0.25, -0.2) is 4.79 Å². The lowest BCUT2D eigenvalue weighted by atomic mass is 9.92. The van der Waals surface area contributed by atoms with Gasteiger partial charge in [0, 0.05) is 18.8 Å². The van der Waals surface area contributed by atoms with E-state index in [0.29, 0.717) is 24.8 Å². The van der Waals surface area contributed by atoms with E-state index in [1.807, 2.05) is 18.2 Å². The number of benzene rings is 1. The minimum Gasteiger partial charge on any atom is -0.481 e. The van der Waals surface area contributed by atoms with Gasteiger partial charge in [-0.05, 0) is 35.8 Å². The number of piperidine rings is 1. The summed E-state index contributed by atoms with van der Waals surface area (Å²) in [6.07, 6.45) is 1.37. The Morgan fingerprint density at radius 1 is 1.17 bits per heavy atom. The number of rotatable bonds is 4. The van der Waals surface area contributed by atoms with Crippen molar-refractivity contribution >= 4 is 17.7 Å². The first-order valence-electron chi connectivity index (χ1n) is 8.72. The molecule has 2 N–H and O–H groups in total. The van der Waals surface area contributed by atoms with Crippen molar-refractivity contribution in [1.82, 2.24) is 4.90 Å². The molecule has 1 fully saturated rings. The molecule has 1 aliphatic rings. The molecule has 132 valence electrons. The van der Waals surface area contributed by atoms with Crippen LogP contribution in [0.25, 0.3) is 0 Å². The lowest BCUT2D eigenvalue weighted by Gasteiger charge is -2.31. The summed E-state index contributed by atoms with van der Waals surface area (Å²) in [7, 11) is 0. The van der Waals surface area contributed by atoms with Crippen molar-refractivity contribution in [3.05, 3.63) is 29.3 Å². The van der Waals surface area contributed by atoms with Gasteiger partial charge in [-0.1, -0.05) is 45.9 Å². The second-order valence-electron chi connectivity index (χ2n) is 7.17. The first kappa shape index (κ1) is 18.3. The Hall–Kier alpha value is -2.04. The number of nitrogens with zero attached hydrogens (tertiary/aromatic N) is 1. The Labute approximate surface area is 144 Å². The molecule has 0 aromatic heterocycles. The molecule has 24 heavy (non-hydrogen) atoms. The van der Waals surface area contributed by atoms with E-state index in [1.54, 1.807) is 4.90 Å². The number of carbonyl (C=O) groups excluding carboxylic acids is 1. The predicted molar refractivity (Wildman–Crippen MR) is 95.6 cm³/mol. The Kier molecular flexibility index (Phi) is 5.86. The second kappa shape index (κ2) is 7.69. The molecule has 0 aliphatic carbocycles. The molecule has 1 saturated heterocycles. The Balaban J connectivity index is 2.23. The zero-order valence-corrected chi connectivity index (χ0v) is 15.0. The number of aliphatic carboxylic acids is 1. The van der Waals surface area contributed by atoms with Crippen LogP contribution in [0.15, 0.2) is 18.2 Å². The van der Waals surface area contributed by atoms with Gasteiger partial charge < -0.3 is 15.3 Å². The molecule has 0 spiro atoms. The molecule has 2 rings (SSSR count). The van der Waals surface area contributed by atoms with Crippen LogP contribution < -0.4 is 5.32 Å². The highest BCUT2D eigenvalue weighted by Gasteiger charge is 2.29. The smallest absolute Gasteiger partial charge is 0.321 e. The lowest BCUT2D eigenvalue weighted by molar-refractivity contribution is -0.143. The van der Waals surface area contributed by atoms with Crippen molar-refractivity contribution in [3.8, 4) is 0 Å². The molecule has 1 aliphatic heterocycles. The molecular weight excluding hydrogens is 304 g/mol. The van der Waals surface area contributed by atoms with Crippen molar-refractivity contribution in [1.29, 1.82) is 0 Å². The zero-order valence-electron chi connectivity index (χ0n) is 15.0. The second-order valence-corrected chi connectivity index (χ2v) is 7.17. The lowest BCUT2D eigenvalue weighted by Crippen LogP contribution is -2.44. The van der Waals surface area contributed by atoms with Crippen LogP contribution >= 0.6 is 0 Å². The average Bonchev–Trinajstić information content (AvgIpc) is 2.54. The maximum absolute atomic E-state index is 12.7. The molecular formula is C19H28N2O3. The summed E-state index contributed by atoms with van der Waals surface area (Å²) >= 11 is 0. The number of amides is 2. The number of urea groups is 1. The summed E-state index contributed by atoms with van der Waals surface area (Å²) < 4.78 is 0. The maximum atomic E-state index is 12.7. The minimum atomic E-state index is -0.821. The number of hydrogen-bond acceptors (Lipinski definition) is 2. The largest absolute Gasteiger partial charge is 0.481 e. The van der Waals surface area contributed by atoms with Crippen LogP contribution in [0.2, 0.25) is 0 Å². The molecule has 1 aromatic rings. The van der Waals surface area contributed by atoms with Crippen molar-refractivity contribution in [2.45, 2.75) is 52.4 Å². The summed E-state index contributed by atoms with van der Waals surface area (Å²) in [6, 6.07) is 5.92. The van der Waals surface area contributed by atoms with E-state index in [9.17, 15) is 14.7 Å². The number of anilines is 1. The van der Waals surface area contributed by atoms with Crippen LogP contribution in [0.4, 0.5) is 10.5 Å². The quantitative estimate of drug-likeness (QED) is 0.865. The Morgan fingerprint density at radius 3 is 2.25 bits per heavy atom. The molecule has 5 heteroatoms. The first-order chi connectivity index (χ1) is 11.3. The van der Waals surface area contributed by atoms with E-state index in [-0.39, 0.29) is 12.6 Å². The number of carboxylic acid groups (broad SMARTS) is 1. The molecule has 1 atom stereocenters. The third kappa shape index (κ3) is 4.08. The fraction of sp³-hybridized carbons (Fsp3) is 0.579. The van der Waals surface area contributed by atoms with Gasteiger partial charge in [0.05, 0.1) is 5.92 Å². The summed E-state index contributed by atoms with van der Waals surface area (Å²) in [5, 5.41) is 12.3. The highest BCUT2D eigenvalue weighted by atomic mass is 16.4. The molecule has 1 unspecified atom stereocenters. The van der Waals surface area contributed by atoms with Gasteiger partial charge in [0.1, 0.15) is 0 Å². The van der Waals surface area contributed by atoms with Gasteiger partial charge in [-0.2, -0.15) is 0 Å².